The average molecular weight is 322 g/mol. The number of nitrogens with one attached hydrogen (secondary N) is 2. The Morgan fingerprint density at radius 2 is 1.78 bits per heavy atom. The predicted octanol–water partition coefficient (Wildman–Crippen LogP) is 4.37. The van der Waals surface area contributed by atoms with Gasteiger partial charge >= 0.3 is 6.18 Å². The standard InChI is InChI=1S/C17H17F3N2O/c1-11-5-3-8-15(12(11)2)22-16(23)10-21-14-7-4-6-13(9-14)17(18,19)20/h3-9,21H,10H2,1-2H3,(H,22,23). The quantitative estimate of drug-likeness (QED) is 0.877. The molecule has 0 aliphatic heterocycles. The molecule has 0 spiro atoms. The molecule has 23 heavy (non-hydrogen) atoms. The first-order valence-corrected chi connectivity index (χ1v) is 7.04. The van der Waals surface area contributed by atoms with E-state index < -0.39 is 11.7 Å². The zero-order chi connectivity index (χ0) is 17.0. The van der Waals surface area contributed by atoms with Gasteiger partial charge < -0.3 is 10.6 Å². The lowest BCUT2D eigenvalue weighted by Crippen LogP contribution is -2.22. The van der Waals surface area contributed by atoms with Crippen molar-refractivity contribution in [2.45, 2.75) is 20.0 Å². The molecule has 2 rings (SSSR count). The van der Waals surface area contributed by atoms with Gasteiger partial charge in [0.2, 0.25) is 5.91 Å². The van der Waals surface area contributed by atoms with Gasteiger partial charge in [-0.05, 0) is 49.2 Å². The van der Waals surface area contributed by atoms with Gasteiger partial charge in [-0.3, -0.25) is 4.79 Å². The van der Waals surface area contributed by atoms with Crippen molar-refractivity contribution in [3.05, 3.63) is 59.2 Å². The van der Waals surface area contributed by atoms with E-state index in [9.17, 15) is 18.0 Å². The molecule has 0 bridgehead atoms. The molecule has 0 saturated heterocycles. The lowest BCUT2D eigenvalue weighted by molar-refractivity contribution is -0.137. The minimum atomic E-state index is -4.40. The van der Waals surface area contributed by atoms with Crippen molar-refractivity contribution in [2.24, 2.45) is 0 Å². The van der Waals surface area contributed by atoms with Crippen LogP contribution in [0.1, 0.15) is 16.7 Å². The monoisotopic (exact) mass is 322 g/mol. The molecule has 2 aromatic carbocycles. The van der Waals surface area contributed by atoms with Crippen LogP contribution < -0.4 is 10.6 Å². The Morgan fingerprint density at radius 3 is 2.48 bits per heavy atom. The number of benzene rings is 2. The van der Waals surface area contributed by atoms with Crippen LogP contribution in [0.15, 0.2) is 42.5 Å². The van der Waals surface area contributed by atoms with E-state index in [-0.39, 0.29) is 18.1 Å². The highest BCUT2D eigenvalue weighted by Gasteiger charge is 2.30. The van der Waals surface area contributed by atoms with Gasteiger partial charge in [0.15, 0.2) is 0 Å². The Morgan fingerprint density at radius 1 is 1.09 bits per heavy atom. The Hall–Kier alpha value is -2.50. The van der Waals surface area contributed by atoms with Crippen LogP contribution in [0.3, 0.4) is 0 Å². The summed E-state index contributed by atoms with van der Waals surface area (Å²) < 4.78 is 37.9. The maximum atomic E-state index is 12.6. The molecule has 1 amide bonds. The van der Waals surface area contributed by atoms with E-state index in [4.69, 9.17) is 0 Å². The van der Waals surface area contributed by atoms with E-state index in [0.717, 1.165) is 23.3 Å². The third-order valence-corrected chi connectivity index (χ3v) is 3.52. The molecule has 0 unspecified atom stereocenters. The first-order chi connectivity index (χ1) is 10.8. The highest BCUT2D eigenvalue weighted by molar-refractivity contribution is 5.94. The average Bonchev–Trinajstić information content (AvgIpc) is 2.49. The lowest BCUT2D eigenvalue weighted by Gasteiger charge is -2.12. The van der Waals surface area contributed by atoms with Crippen molar-refractivity contribution < 1.29 is 18.0 Å². The first kappa shape index (κ1) is 16.9. The maximum Gasteiger partial charge on any atom is 0.416 e. The van der Waals surface area contributed by atoms with Crippen LogP contribution in [0, 0.1) is 13.8 Å². The molecule has 2 aromatic rings. The Bertz CT molecular complexity index is 711. The third-order valence-electron chi connectivity index (χ3n) is 3.52. The summed E-state index contributed by atoms with van der Waals surface area (Å²) in [5, 5.41) is 5.44. The lowest BCUT2D eigenvalue weighted by atomic mass is 10.1. The number of halogens is 3. The molecule has 0 fully saturated rings. The highest BCUT2D eigenvalue weighted by Crippen LogP contribution is 2.30. The fourth-order valence-electron chi connectivity index (χ4n) is 2.07. The highest BCUT2D eigenvalue weighted by atomic mass is 19.4. The number of hydrogen-bond acceptors (Lipinski definition) is 2. The Kier molecular flexibility index (Phi) is 4.93. The summed E-state index contributed by atoms with van der Waals surface area (Å²) in [4.78, 5) is 11.9. The normalized spacial score (nSPS) is 11.2. The van der Waals surface area contributed by atoms with E-state index in [0.29, 0.717) is 5.69 Å². The first-order valence-electron chi connectivity index (χ1n) is 7.04. The van der Waals surface area contributed by atoms with E-state index in [1.165, 1.54) is 12.1 Å². The fourth-order valence-corrected chi connectivity index (χ4v) is 2.07. The zero-order valence-electron chi connectivity index (χ0n) is 12.8. The van der Waals surface area contributed by atoms with E-state index in [1.807, 2.05) is 26.0 Å². The zero-order valence-corrected chi connectivity index (χ0v) is 12.8. The molecule has 0 aromatic heterocycles. The van der Waals surface area contributed by atoms with Gasteiger partial charge in [-0.15, -0.1) is 0 Å². The van der Waals surface area contributed by atoms with Crippen molar-refractivity contribution in [1.29, 1.82) is 0 Å². The number of carbonyl (C=O) groups is 1. The third kappa shape index (κ3) is 4.48. The minimum absolute atomic E-state index is 0.116. The van der Waals surface area contributed by atoms with Crippen molar-refractivity contribution in [3.8, 4) is 0 Å². The van der Waals surface area contributed by atoms with Crippen molar-refractivity contribution >= 4 is 17.3 Å². The maximum absolute atomic E-state index is 12.6. The predicted molar refractivity (Wildman–Crippen MR) is 84.5 cm³/mol. The molecule has 0 saturated carbocycles. The van der Waals surface area contributed by atoms with Gasteiger partial charge in [-0.1, -0.05) is 18.2 Å². The largest absolute Gasteiger partial charge is 0.416 e. The molecule has 0 atom stereocenters. The molecule has 3 nitrogen and oxygen atoms in total. The topological polar surface area (TPSA) is 41.1 Å². The second kappa shape index (κ2) is 6.73. The minimum Gasteiger partial charge on any atom is -0.376 e. The van der Waals surface area contributed by atoms with Crippen LogP contribution in [0.2, 0.25) is 0 Å². The molecule has 0 aliphatic carbocycles. The van der Waals surface area contributed by atoms with Gasteiger partial charge in [-0.25, -0.2) is 0 Å². The summed E-state index contributed by atoms with van der Waals surface area (Å²) in [6.45, 7) is 3.71. The van der Waals surface area contributed by atoms with Gasteiger partial charge in [0.1, 0.15) is 0 Å². The molecular formula is C17H17F3N2O. The number of alkyl halides is 3. The Labute approximate surface area is 132 Å². The number of hydrogen-bond donors (Lipinski definition) is 2. The van der Waals surface area contributed by atoms with E-state index in [1.54, 1.807) is 6.07 Å². The van der Waals surface area contributed by atoms with E-state index >= 15 is 0 Å². The second-order valence-corrected chi connectivity index (χ2v) is 5.23. The summed E-state index contributed by atoms with van der Waals surface area (Å²) >= 11 is 0. The van der Waals surface area contributed by atoms with Crippen molar-refractivity contribution in [2.75, 3.05) is 17.2 Å². The van der Waals surface area contributed by atoms with Gasteiger partial charge in [0.05, 0.1) is 12.1 Å². The molecular weight excluding hydrogens is 305 g/mol. The summed E-state index contributed by atoms with van der Waals surface area (Å²) in [5.41, 5.74) is 2.20. The summed E-state index contributed by atoms with van der Waals surface area (Å²) in [6.07, 6.45) is -4.40. The van der Waals surface area contributed by atoms with E-state index in [2.05, 4.69) is 10.6 Å². The van der Waals surface area contributed by atoms with Gasteiger partial charge in [0, 0.05) is 11.4 Å². The summed E-state index contributed by atoms with van der Waals surface area (Å²) in [7, 11) is 0. The summed E-state index contributed by atoms with van der Waals surface area (Å²) in [5.74, 6) is -0.323. The molecule has 0 aliphatic rings. The fraction of sp³-hybridized carbons (Fsp3) is 0.235. The van der Waals surface area contributed by atoms with Crippen LogP contribution >= 0.6 is 0 Å². The van der Waals surface area contributed by atoms with Crippen LogP contribution in [0.25, 0.3) is 0 Å². The SMILES string of the molecule is Cc1cccc(NC(=O)CNc2cccc(C(F)(F)F)c2)c1C. The number of rotatable bonds is 4. The second-order valence-electron chi connectivity index (χ2n) is 5.23. The number of carbonyl (C=O) groups excluding carboxylic acids is 1. The molecule has 2 N–H and O–H groups in total. The van der Waals surface area contributed by atoms with Crippen LogP contribution in [-0.4, -0.2) is 12.5 Å². The van der Waals surface area contributed by atoms with Crippen molar-refractivity contribution in [1.82, 2.24) is 0 Å². The van der Waals surface area contributed by atoms with Crippen molar-refractivity contribution in [3.63, 3.8) is 0 Å². The summed E-state index contributed by atoms with van der Waals surface area (Å²) in [6, 6.07) is 10.3. The van der Waals surface area contributed by atoms with Crippen LogP contribution in [0.4, 0.5) is 24.5 Å². The molecule has 0 heterocycles. The van der Waals surface area contributed by atoms with Gasteiger partial charge in [-0.2, -0.15) is 13.2 Å². The van der Waals surface area contributed by atoms with Crippen LogP contribution in [0.5, 0.6) is 0 Å². The van der Waals surface area contributed by atoms with Crippen LogP contribution in [-0.2, 0) is 11.0 Å². The smallest absolute Gasteiger partial charge is 0.376 e. The molecule has 122 valence electrons. The number of aryl methyl sites for hydroxylation is 1. The Balaban J connectivity index is 1.98. The molecule has 6 heteroatoms. The van der Waals surface area contributed by atoms with Gasteiger partial charge in [0.25, 0.3) is 0 Å². The number of amides is 1. The molecule has 0 radical (unpaired) electrons. The number of anilines is 2.